The summed E-state index contributed by atoms with van der Waals surface area (Å²) in [5, 5.41) is 15.6. The van der Waals surface area contributed by atoms with Gasteiger partial charge in [-0.3, -0.25) is 29.3 Å². The summed E-state index contributed by atoms with van der Waals surface area (Å²) in [6, 6.07) is 2.06. The number of carbonyl (C=O) groups is 3. The Labute approximate surface area is 325 Å². The molecule has 1 heterocycles. The fourth-order valence-electron chi connectivity index (χ4n) is 7.44. The van der Waals surface area contributed by atoms with Crippen LogP contribution >= 0.6 is 0 Å². The van der Waals surface area contributed by atoms with Crippen molar-refractivity contribution in [2.24, 2.45) is 17.8 Å². The lowest BCUT2D eigenvalue weighted by Crippen LogP contribution is -2.43. The number of halogens is 3. The molecule has 300 valence electrons. The molecule has 56 heavy (non-hydrogen) atoms. The molecule has 0 aromatic heterocycles. The molecule has 6 unspecified atom stereocenters. The molecular formula is C40H46F3N5O7S. The highest BCUT2D eigenvalue weighted by Gasteiger charge is 2.35. The number of alkyl halides is 3. The van der Waals surface area contributed by atoms with Crippen molar-refractivity contribution in [2.45, 2.75) is 76.5 Å². The third-order valence-electron chi connectivity index (χ3n) is 10.5. The van der Waals surface area contributed by atoms with Gasteiger partial charge in [0, 0.05) is 18.0 Å². The number of carbonyl (C=O) groups excluding carboxylic acids is 3. The Hall–Kier alpha value is -4.77. The van der Waals surface area contributed by atoms with Gasteiger partial charge in [-0.2, -0.15) is 18.7 Å². The van der Waals surface area contributed by atoms with Crippen LogP contribution in [-0.2, 0) is 42.7 Å². The zero-order chi connectivity index (χ0) is 40.0. The quantitative estimate of drug-likeness (QED) is 0.134. The summed E-state index contributed by atoms with van der Waals surface area (Å²) in [4.78, 5) is 46.0. The van der Waals surface area contributed by atoms with Crippen molar-refractivity contribution in [2.75, 3.05) is 13.1 Å². The van der Waals surface area contributed by atoms with Crippen molar-refractivity contribution >= 4 is 28.6 Å². The van der Waals surface area contributed by atoms with E-state index in [0.29, 0.717) is 18.4 Å². The highest BCUT2D eigenvalue weighted by molar-refractivity contribution is 7.71. The number of benzene rings is 1. The molecule has 1 aromatic rings. The molecule has 0 radical (unpaired) electrons. The molecule has 6 rings (SSSR count). The van der Waals surface area contributed by atoms with Gasteiger partial charge in [-0.15, -0.1) is 0 Å². The smallest absolute Gasteiger partial charge is 0.416 e. The second-order valence-electron chi connectivity index (χ2n) is 14.8. The van der Waals surface area contributed by atoms with Gasteiger partial charge in [0.15, 0.2) is 6.23 Å². The zero-order valence-electron chi connectivity index (χ0n) is 30.8. The molecule has 16 heteroatoms. The van der Waals surface area contributed by atoms with Gasteiger partial charge in [-0.25, -0.2) is 8.42 Å². The molecule has 0 spiro atoms. The summed E-state index contributed by atoms with van der Waals surface area (Å²) in [7, 11) is -3.24. The van der Waals surface area contributed by atoms with E-state index in [-0.39, 0.29) is 42.4 Å². The lowest BCUT2D eigenvalue weighted by Gasteiger charge is -2.28. The Morgan fingerprint density at radius 1 is 0.964 bits per heavy atom. The SMILES string of the molecule is CC1CC=C(C2C=CC(C3NC(C4=CCC(CN(CC(=O)N[SH](=O)=O)C(=O)C5=CCC(NC(=O)Cc6ccc(O)cc6C(F)(F)F)C=C5)C=C4)NO3)=CC2)CC1. The summed E-state index contributed by atoms with van der Waals surface area (Å²) >= 11 is 0. The van der Waals surface area contributed by atoms with Gasteiger partial charge in [0.05, 0.1) is 18.0 Å². The molecule has 0 bridgehead atoms. The summed E-state index contributed by atoms with van der Waals surface area (Å²) in [5.41, 5.74) is 5.36. The number of amides is 3. The van der Waals surface area contributed by atoms with E-state index in [1.54, 1.807) is 6.08 Å². The van der Waals surface area contributed by atoms with Crippen LogP contribution in [0, 0.1) is 17.8 Å². The first-order valence-corrected chi connectivity index (χ1v) is 19.8. The van der Waals surface area contributed by atoms with Crippen LogP contribution in [0.15, 0.2) is 101 Å². The van der Waals surface area contributed by atoms with E-state index in [4.69, 9.17) is 4.84 Å². The molecule has 3 amide bonds. The van der Waals surface area contributed by atoms with Gasteiger partial charge in [0.25, 0.3) is 11.8 Å². The van der Waals surface area contributed by atoms with Crippen molar-refractivity contribution in [1.82, 2.24) is 25.7 Å². The Bertz CT molecular complexity index is 1990. The Morgan fingerprint density at radius 2 is 1.75 bits per heavy atom. The minimum absolute atomic E-state index is 0.0977. The van der Waals surface area contributed by atoms with Crippen LogP contribution < -0.4 is 20.8 Å². The molecule has 4 aliphatic carbocycles. The number of allylic oxidation sites excluding steroid dienone is 5. The van der Waals surface area contributed by atoms with Crippen LogP contribution in [-0.4, -0.2) is 67.7 Å². The number of thiol groups is 1. The highest BCUT2D eigenvalue weighted by atomic mass is 32.2. The first kappa shape index (κ1) is 40.9. The predicted octanol–water partition coefficient (Wildman–Crippen LogP) is 4.32. The van der Waals surface area contributed by atoms with E-state index in [1.165, 1.54) is 29.0 Å². The third kappa shape index (κ3) is 10.7. The van der Waals surface area contributed by atoms with Crippen LogP contribution in [0.5, 0.6) is 5.75 Å². The fourth-order valence-corrected chi connectivity index (χ4v) is 7.71. The number of hydrogen-bond acceptors (Lipinski definition) is 9. The number of aromatic hydroxyl groups is 1. The molecule has 6 atom stereocenters. The van der Waals surface area contributed by atoms with E-state index in [0.717, 1.165) is 48.5 Å². The molecule has 1 aliphatic heterocycles. The van der Waals surface area contributed by atoms with Gasteiger partial charge < -0.3 is 15.3 Å². The maximum absolute atomic E-state index is 13.7. The van der Waals surface area contributed by atoms with Crippen LogP contribution in [0.25, 0.3) is 0 Å². The molecule has 5 aliphatic rings. The third-order valence-corrected chi connectivity index (χ3v) is 11.0. The summed E-state index contributed by atoms with van der Waals surface area (Å²) in [6.07, 6.45) is 18.5. The average Bonchev–Trinajstić information content (AvgIpc) is 3.66. The minimum atomic E-state index is -4.76. The summed E-state index contributed by atoms with van der Waals surface area (Å²) in [6.45, 7) is 1.86. The predicted molar refractivity (Wildman–Crippen MR) is 202 cm³/mol. The molecule has 12 nitrogen and oxygen atoms in total. The first-order chi connectivity index (χ1) is 26.7. The lowest BCUT2D eigenvalue weighted by atomic mass is 9.81. The van der Waals surface area contributed by atoms with Gasteiger partial charge >= 0.3 is 6.18 Å². The Morgan fingerprint density at radius 3 is 2.39 bits per heavy atom. The standard InChI is InChI=1S/C40H46F3N5O7S/c1-24-2-6-26(7-3-24)27-10-12-29(13-11-27)38-45-37(46-55-38)28-8-4-25(5-9-28)22-48(23-36(51)47-56(53)54)39(52)30-14-17-32(18-15-30)44-35(50)20-31-16-19-33(49)21-34(31)40(41,42)43/h4,6,8-10,12-17,19,21,24-25,27,32,37-38,45-46,49,56H,2-3,5,7,11,18,20,22-23H2,1H3,(H,44,50)(H,47,51,53,54). The maximum atomic E-state index is 13.7. The molecule has 5 N–H and O–H groups in total. The van der Waals surface area contributed by atoms with Crippen LogP contribution in [0.4, 0.5) is 13.2 Å². The van der Waals surface area contributed by atoms with Crippen LogP contribution in [0.3, 0.4) is 0 Å². The normalized spacial score (nSPS) is 26.2. The van der Waals surface area contributed by atoms with E-state index in [1.807, 2.05) is 23.0 Å². The molecular weight excluding hydrogens is 752 g/mol. The topological polar surface area (TPSA) is 166 Å². The van der Waals surface area contributed by atoms with Crippen LogP contribution in [0.2, 0.25) is 0 Å². The maximum Gasteiger partial charge on any atom is 0.416 e. The van der Waals surface area contributed by atoms with E-state index in [2.05, 4.69) is 47.3 Å². The number of nitrogens with zero attached hydrogens (tertiary/aromatic N) is 1. The minimum Gasteiger partial charge on any atom is -0.508 e. The fraction of sp³-hybridized carbons (Fsp3) is 0.425. The number of nitrogens with one attached hydrogen (secondary N) is 4. The number of hydrogen-bond donors (Lipinski definition) is 6. The van der Waals surface area contributed by atoms with Gasteiger partial charge in [0.2, 0.25) is 16.8 Å². The number of rotatable bonds is 12. The van der Waals surface area contributed by atoms with Gasteiger partial charge in [-0.05, 0) is 79.2 Å². The Kier molecular flexibility index (Phi) is 13.1. The van der Waals surface area contributed by atoms with Gasteiger partial charge in [0.1, 0.15) is 18.5 Å². The molecule has 0 saturated carbocycles. The number of hydroxylamine groups is 1. The average molecular weight is 798 g/mol. The van der Waals surface area contributed by atoms with Crippen molar-refractivity contribution in [3.05, 3.63) is 112 Å². The number of phenolic OH excluding ortho intramolecular Hbond substituents is 1. The van der Waals surface area contributed by atoms with Crippen molar-refractivity contribution < 1.29 is 45.9 Å². The zero-order valence-corrected chi connectivity index (χ0v) is 31.7. The molecule has 1 aromatic carbocycles. The second-order valence-corrected chi connectivity index (χ2v) is 15.5. The number of phenols is 1. The molecule has 1 saturated heterocycles. The van der Waals surface area contributed by atoms with Crippen molar-refractivity contribution in [3.8, 4) is 5.75 Å². The largest absolute Gasteiger partial charge is 0.508 e. The lowest BCUT2D eigenvalue weighted by molar-refractivity contribution is -0.138. The van der Waals surface area contributed by atoms with Crippen molar-refractivity contribution in [1.29, 1.82) is 0 Å². The molecule has 1 fully saturated rings. The van der Waals surface area contributed by atoms with Gasteiger partial charge in [-0.1, -0.05) is 79.3 Å². The second kappa shape index (κ2) is 18.0. The first-order valence-electron chi connectivity index (χ1n) is 18.6. The van der Waals surface area contributed by atoms with E-state index < -0.39 is 65.1 Å². The summed E-state index contributed by atoms with van der Waals surface area (Å²) < 4.78 is 64.5. The Balaban J connectivity index is 1.02. The van der Waals surface area contributed by atoms with E-state index >= 15 is 0 Å². The van der Waals surface area contributed by atoms with Crippen LogP contribution in [0.1, 0.15) is 56.6 Å². The summed E-state index contributed by atoms with van der Waals surface area (Å²) in [5.74, 6) is -1.71. The van der Waals surface area contributed by atoms with E-state index in [9.17, 15) is 41.1 Å². The van der Waals surface area contributed by atoms with Crippen molar-refractivity contribution in [3.63, 3.8) is 0 Å². The highest BCUT2D eigenvalue weighted by Crippen LogP contribution is 2.35. The monoisotopic (exact) mass is 797 g/mol.